The Kier molecular flexibility index (Phi) is 2.81. The standard InChI is InChI=1S/C13H19NO4/c15-11(16)8-14(9-1-2-9)12(17)10-7-13(10)3-5-18-6-4-13/h9-10H,1-8H2,(H,15,16)/t10-/m1/s1. The average Bonchev–Trinajstić information content (AvgIpc) is 3.23. The molecule has 1 saturated heterocycles. The maximum Gasteiger partial charge on any atom is 0.323 e. The van der Waals surface area contributed by atoms with Gasteiger partial charge in [0.2, 0.25) is 5.91 Å². The summed E-state index contributed by atoms with van der Waals surface area (Å²) >= 11 is 0. The van der Waals surface area contributed by atoms with E-state index in [1.54, 1.807) is 4.90 Å². The number of nitrogens with zero attached hydrogens (tertiary/aromatic N) is 1. The predicted molar refractivity (Wildman–Crippen MR) is 63.0 cm³/mol. The molecular weight excluding hydrogens is 234 g/mol. The average molecular weight is 253 g/mol. The van der Waals surface area contributed by atoms with Crippen LogP contribution in [0.15, 0.2) is 0 Å². The minimum atomic E-state index is -0.906. The molecule has 0 aromatic carbocycles. The monoisotopic (exact) mass is 253 g/mol. The Morgan fingerprint density at radius 1 is 1.28 bits per heavy atom. The summed E-state index contributed by atoms with van der Waals surface area (Å²) in [5.41, 5.74) is 0.140. The molecule has 2 saturated carbocycles. The number of aliphatic carboxylic acids is 1. The van der Waals surface area contributed by atoms with Crippen LogP contribution in [-0.2, 0) is 14.3 Å². The number of amides is 1. The SMILES string of the molecule is O=C(O)CN(C(=O)[C@H]1CC12CCOCC2)C1CC1. The number of ether oxygens (including phenoxy) is 1. The number of rotatable bonds is 4. The summed E-state index contributed by atoms with van der Waals surface area (Å²) in [7, 11) is 0. The molecule has 3 rings (SSSR count). The summed E-state index contributed by atoms with van der Waals surface area (Å²) in [5.74, 6) is -0.778. The summed E-state index contributed by atoms with van der Waals surface area (Å²) in [4.78, 5) is 24.9. The van der Waals surface area contributed by atoms with Gasteiger partial charge in [-0.1, -0.05) is 0 Å². The van der Waals surface area contributed by atoms with E-state index < -0.39 is 5.97 Å². The molecule has 0 aromatic rings. The van der Waals surface area contributed by atoms with Crippen molar-refractivity contribution in [2.45, 2.75) is 38.1 Å². The lowest BCUT2D eigenvalue weighted by Gasteiger charge is -2.25. The first-order valence-electron chi connectivity index (χ1n) is 6.72. The van der Waals surface area contributed by atoms with Gasteiger partial charge in [-0.15, -0.1) is 0 Å². The van der Waals surface area contributed by atoms with Gasteiger partial charge in [-0.2, -0.15) is 0 Å². The van der Waals surface area contributed by atoms with Crippen molar-refractivity contribution in [3.8, 4) is 0 Å². The summed E-state index contributed by atoms with van der Waals surface area (Å²) in [5, 5.41) is 8.90. The number of hydrogen-bond donors (Lipinski definition) is 1. The van der Waals surface area contributed by atoms with Gasteiger partial charge in [0.05, 0.1) is 0 Å². The Bertz CT molecular complexity index is 371. The first-order valence-corrected chi connectivity index (χ1v) is 6.72. The maximum absolute atomic E-state index is 12.4. The minimum absolute atomic E-state index is 0.0568. The van der Waals surface area contributed by atoms with E-state index >= 15 is 0 Å². The number of hydrogen-bond acceptors (Lipinski definition) is 3. The van der Waals surface area contributed by atoms with E-state index in [4.69, 9.17) is 9.84 Å². The van der Waals surface area contributed by atoms with Crippen LogP contribution in [0, 0.1) is 11.3 Å². The Hall–Kier alpha value is -1.10. The Labute approximate surface area is 106 Å². The molecule has 2 aliphatic carbocycles. The van der Waals surface area contributed by atoms with E-state index in [9.17, 15) is 9.59 Å². The molecular formula is C13H19NO4. The molecule has 1 N–H and O–H groups in total. The van der Waals surface area contributed by atoms with E-state index in [0.717, 1.165) is 45.3 Å². The van der Waals surface area contributed by atoms with E-state index in [-0.39, 0.29) is 29.8 Å². The lowest BCUT2D eigenvalue weighted by Crippen LogP contribution is -2.39. The minimum Gasteiger partial charge on any atom is -0.480 e. The highest BCUT2D eigenvalue weighted by Gasteiger charge is 2.59. The van der Waals surface area contributed by atoms with Gasteiger partial charge in [-0.05, 0) is 37.5 Å². The van der Waals surface area contributed by atoms with Crippen LogP contribution in [0.2, 0.25) is 0 Å². The normalized spacial score (nSPS) is 29.0. The second-order valence-corrected chi connectivity index (χ2v) is 5.82. The van der Waals surface area contributed by atoms with Crippen molar-refractivity contribution < 1.29 is 19.4 Å². The molecule has 100 valence electrons. The fourth-order valence-electron chi connectivity index (χ4n) is 3.15. The number of carboxylic acids is 1. The zero-order chi connectivity index (χ0) is 12.8. The molecule has 1 spiro atoms. The van der Waals surface area contributed by atoms with Gasteiger partial charge >= 0.3 is 5.97 Å². The summed E-state index contributed by atoms with van der Waals surface area (Å²) in [6, 6.07) is 0.186. The zero-order valence-corrected chi connectivity index (χ0v) is 10.4. The maximum atomic E-state index is 12.4. The van der Waals surface area contributed by atoms with Crippen molar-refractivity contribution in [2.24, 2.45) is 11.3 Å². The highest BCUT2D eigenvalue weighted by atomic mass is 16.5. The van der Waals surface area contributed by atoms with Gasteiger partial charge in [-0.3, -0.25) is 9.59 Å². The molecule has 1 aliphatic heterocycles. The highest BCUT2D eigenvalue weighted by molar-refractivity contribution is 5.86. The topological polar surface area (TPSA) is 66.8 Å². The quantitative estimate of drug-likeness (QED) is 0.807. The van der Waals surface area contributed by atoms with Crippen molar-refractivity contribution in [2.75, 3.05) is 19.8 Å². The fraction of sp³-hybridized carbons (Fsp3) is 0.846. The molecule has 18 heavy (non-hydrogen) atoms. The van der Waals surface area contributed by atoms with Crippen LogP contribution in [0.4, 0.5) is 0 Å². The second-order valence-electron chi connectivity index (χ2n) is 5.82. The largest absolute Gasteiger partial charge is 0.480 e. The number of carbonyl (C=O) groups is 2. The van der Waals surface area contributed by atoms with Crippen LogP contribution in [0.1, 0.15) is 32.1 Å². The molecule has 3 fully saturated rings. The van der Waals surface area contributed by atoms with Gasteiger partial charge in [0, 0.05) is 25.2 Å². The summed E-state index contributed by atoms with van der Waals surface area (Å²) in [6.07, 6.45) is 4.76. The van der Waals surface area contributed by atoms with Crippen molar-refractivity contribution in [1.29, 1.82) is 0 Å². The van der Waals surface area contributed by atoms with E-state index in [2.05, 4.69) is 0 Å². The zero-order valence-electron chi connectivity index (χ0n) is 10.4. The van der Waals surface area contributed by atoms with E-state index in [0.29, 0.717) is 0 Å². The Morgan fingerprint density at radius 3 is 2.50 bits per heavy atom. The predicted octanol–water partition coefficient (Wildman–Crippen LogP) is 0.879. The van der Waals surface area contributed by atoms with Gasteiger partial charge in [0.1, 0.15) is 6.54 Å². The van der Waals surface area contributed by atoms with Crippen LogP contribution in [0.25, 0.3) is 0 Å². The molecule has 0 bridgehead atoms. The van der Waals surface area contributed by atoms with Crippen molar-refractivity contribution in [3.05, 3.63) is 0 Å². The number of carbonyl (C=O) groups excluding carboxylic acids is 1. The third-order valence-corrected chi connectivity index (χ3v) is 4.55. The second kappa shape index (κ2) is 4.23. The number of carboxylic acid groups (broad SMARTS) is 1. The molecule has 0 aromatic heterocycles. The molecule has 5 nitrogen and oxygen atoms in total. The molecule has 0 radical (unpaired) electrons. The van der Waals surface area contributed by atoms with Gasteiger partial charge in [-0.25, -0.2) is 0 Å². The fourth-order valence-corrected chi connectivity index (χ4v) is 3.15. The van der Waals surface area contributed by atoms with Crippen LogP contribution in [0.3, 0.4) is 0 Å². The highest BCUT2D eigenvalue weighted by Crippen LogP contribution is 2.60. The van der Waals surface area contributed by atoms with Crippen molar-refractivity contribution in [3.63, 3.8) is 0 Å². The molecule has 1 atom stereocenters. The van der Waals surface area contributed by atoms with Crippen LogP contribution < -0.4 is 0 Å². The van der Waals surface area contributed by atoms with Crippen molar-refractivity contribution >= 4 is 11.9 Å². The third-order valence-electron chi connectivity index (χ3n) is 4.55. The van der Waals surface area contributed by atoms with Crippen molar-refractivity contribution in [1.82, 2.24) is 4.90 Å². The third kappa shape index (κ3) is 2.11. The molecule has 1 heterocycles. The molecule has 3 aliphatic rings. The lowest BCUT2D eigenvalue weighted by atomic mass is 9.93. The van der Waals surface area contributed by atoms with Gasteiger partial charge < -0.3 is 14.7 Å². The summed E-state index contributed by atoms with van der Waals surface area (Å²) < 4.78 is 5.34. The first kappa shape index (κ1) is 12.0. The van der Waals surface area contributed by atoms with Crippen LogP contribution >= 0.6 is 0 Å². The Morgan fingerprint density at radius 2 is 1.94 bits per heavy atom. The van der Waals surface area contributed by atoms with Gasteiger partial charge in [0.25, 0.3) is 0 Å². The lowest BCUT2D eigenvalue weighted by molar-refractivity contribution is -0.146. The first-order chi connectivity index (χ1) is 8.62. The molecule has 1 amide bonds. The molecule has 0 unspecified atom stereocenters. The molecule has 5 heteroatoms. The smallest absolute Gasteiger partial charge is 0.323 e. The Balaban J connectivity index is 1.64. The van der Waals surface area contributed by atoms with Crippen LogP contribution in [-0.4, -0.2) is 47.7 Å². The van der Waals surface area contributed by atoms with Gasteiger partial charge in [0.15, 0.2) is 0 Å². The summed E-state index contributed by atoms with van der Waals surface area (Å²) in [6.45, 7) is 1.35. The van der Waals surface area contributed by atoms with E-state index in [1.807, 2.05) is 0 Å². The van der Waals surface area contributed by atoms with Crippen LogP contribution in [0.5, 0.6) is 0 Å². The van der Waals surface area contributed by atoms with E-state index in [1.165, 1.54) is 0 Å².